The zero-order valence-corrected chi connectivity index (χ0v) is 25.7. The van der Waals surface area contributed by atoms with E-state index in [4.69, 9.17) is 5.73 Å². The Balaban J connectivity index is 1.53. The van der Waals surface area contributed by atoms with Gasteiger partial charge in [-0.15, -0.1) is 0 Å². The Bertz CT molecular complexity index is 1410. The number of hydrogen-bond acceptors (Lipinski definition) is 9. The Morgan fingerprint density at radius 1 is 1.14 bits per heavy atom. The molecule has 5 rings (SSSR count). The molecule has 0 bridgehead atoms. The molecular formula is C32H45BN4O6. The number of fused-ring (bicyclic) bond motifs is 3. The van der Waals surface area contributed by atoms with E-state index in [1.165, 1.54) is 32.1 Å². The number of aliphatic hydroxyl groups excluding tert-OH is 2. The van der Waals surface area contributed by atoms with E-state index in [-0.39, 0.29) is 40.1 Å². The van der Waals surface area contributed by atoms with Crippen LogP contribution < -0.4 is 16.0 Å². The number of amides is 1. The van der Waals surface area contributed by atoms with Gasteiger partial charge in [-0.3, -0.25) is 0 Å². The van der Waals surface area contributed by atoms with E-state index in [1.807, 2.05) is 19.0 Å². The van der Waals surface area contributed by atoms with Gasteiger partial charge in [-0.1, -0.05) is 32.1 Å². The molecule has 4 atom stereocenters. The van der Waals surface area contributed by atoms with Gasteiger partial charge in [0.05, 0.1) is 0 Å². The predicted molar refractivity (Wildman–Crippen MR) is 168 cm³/mol. The number of benzene rings is 1. The van der Waals surface area contributed by atoms with E-state index in [0.717, 1.165) is 30.1 Å². The van der Waals surface area contributed by atoms with Crippen molar-refractivity contribution in [2.45, 2.75) is 69.6 Å². The first-order valence-corrected chi connectivity index (χ1v) is 15.4. The first-order chi connectivity index (χ1) is 20.3. The van der Waals surface area contributed by atoms with Crippen LogP contribution in [0.3, 0.4) is 0 Å². The summed E-state index contributed by atoms with van der Waals surface area (Å²) in [5, 5.41) is 49.6. The van der Waals surface area contributed by atoms with E-state index >= 15 is 0 Å². The molecule has 0 unspecified atom stereocenters. The Kier molecular flexibility index (Phi) is 8.54. The van der Waals surface area contributed by atoms with Gasteiger partial charge in [0.2, 0.25) is 0 Å². The number of carbonyl (C=O) groups is 2. The summed E-state index contributed by atoms with van der Waals surface area (Å²) < 4.78 is 0. The van der Waals surface area contributed by atoms with Crippen molar-refractivity contribution in [2.24, 2.45) is 23.5 Å². The summed E-state index contributed by atoms with van der Waals surface area (Å²) in [6, 6.07) is 0.755. The number of Topliss-reactive ketones (excluding diaryl/α,β-unsaturated/α-hetero) is 1. The van der Waals surface area contributed by atoms with Crippen LogP contribution in [0.25, 0.3) is 0 Å². The number of nitrogens with two attached hydrogens (primary N) is 1. The standard InChI is InChI=1S/C32H45BN4O6/c1-36(2)25-18(15-35-11-10-16-8-6-5-7-9-16)14-21(38)23-19(25)12-17-13-20-26(37(3)4)28(40)24(31(34)42)29(33)32(20,43)30(41)22(17)27(23)39/h14,16-17,20,26,33,35,38,40-41,43H,5-13,15H2,1-4H3,(H2,34,42)/t17-,20-,26-,32+/m0/s1. The van der Waals surface area contributed by atoms with Crippen molar-refractivity contribution in [1.29, 1.82) is 0 Å². The Morgan fingerprint density at radius 2 is 1.81 bits per heavy atom. The fourth-order valence-electron chi connectivity index (χ4n) is 8.24. The molecule has 10 nitrogen and oxygen atoms in total. The first kappa shape index (κ1) is 31.3. The summed E-state index contributed by atoms with van der Waals surface area (Å²) in [7, 11) is 11.1. The fraction of sp³-hybridized carbons (Fsp3) is 0.594. The van der Waals surface area contributed by atoms with Crippen molar-refractivity contribution in [3.05, 3.63) is 45.4 Å². The third-order valence-electron chi connectivity index (χ3n) is 10.2. The zero-order chi connectivity index (χ0) is 31.4. The number of primary amides is 1. The minimum absolute atomic E-state index is 0.00604. The maximum absolute atomic E-state index is 14.1. The van der Waals surface area contributed by atoms with Crippen LogP contribution in [-0.2, 0) is 17.8 Å². The van der Waals surface area contributed by atoms with Crippen LogP contribution in [0.4, 0.5) is 5.69 Å². The number of ketones is 1. The molecule has 1 saturated carbocycles. The maximum atomic E-state index is 14.1. The van der Waals surface area contributed by atoms with Crippen molar-refractivity contribution in [3.63, 3.8) is 0 Å². The molecule has 0 spiro atoms. The van der Waals surface area contributed by atoms with E-state index in [0.29, 0.717) is 18.5 Å². The van der Waals surface area contributed by atoms with Crippen LogP contribution in [0.1, 0.15) is 66.4 Å². The van der Waals surface area contributed by atoms with Gasteiger partial charge in [0, 0.05) is 0 Å². The summed E-state index contributed by atoms with van der Waals surface area (Å²) in [5.41, 5.74) is 5.29. The molecule has 0 heterocycles. The molecule has 232 valence electrons. The first-order valence-electron chi connectivity index (χ1n) is 15.4. The zero-order valence-electron chi connectivity index (χ0n) is 25.7. The number of phenols is 1. The second-order valence-corrected chi connectivity index (χ2v) is 13.2. The Hall–Kier alpha value is -3.15. The molecule has 11 heteroatoms. The molecule has 4 aliphatic rings. The number of rotatable bonds is 8. The van der Waals surface area contributed by atoms with Crippen LogP contribution in [0.2, 0.25) is 0 Å². The monoisotopic (exact) mass is 592 g/mol. The number of nitrogens with zero attached hydrogens (tertiary/aromatic N) is 2. The van der Waals surface area contributed by atoms with Gasteiger partial charge in [0.15, 0.2) is 0 Å². The van der Waals surface area contributed by atoms with E-state index < -0.39 is 40.9 Å². The van der Waals surface area contributed by atoms with Crippen LogP contribution in [-0.4, -0.2) is 96.3 Å². The summed E-state index contributed by atoms with van der Waals surface area (Å²) >= 11 is 0. The second kappa shape index (κ2) is 11.7. The van der Waals surface area contributed by atoms with Gasteiger partial charge in [0.25, 0.3) is 0 Å². The molecule has 0 aromatic heterocycles. The molecule has 1 fully saturated rings. The molecule has 4 aliphatic carbocycles. The summed E-state index contributed by atoms with van der Waals surface area (Å²) in [4.78, 5) is 30.1. The third-order valence-corrected chi connectivity index (χ3v) is 10.2. The number of anilines is 1. The number of carbonyl (C=O) groups excluding carboxylic acids is 2. The second-order valence-electron chi connectivity index (χ2n) is 13.2. The van der Waals surface area contributed by atoms with Gasteiger partial charge in [-0.2, -0.15) is 0 Å². The van der Waals surface area contributed by atoms with Gasteiger partial charge in [-0.05, 0) is 12.3 Å². The average Bonchev–Trinajstić information content (AvgIpc) is 2.93. The Morgan fingerprint density at radius 3 is 2.42 bits per heavy atom. The molecule has 1 amide bonds. The number of hydrogen-bond donors (Lipinski definition) is 6. The molecule has 0 saturated heterocycles. The number of aliphatic hydroxyl groups is 3. The molecule has 1 aromatic carbocycles. The fourth-order valence-corrected chi connectivity index (χ4v) is 8.24. The molecule has 7 N–H and O–H groups in total. The molecule has 1 aromatic rings. The predicted octanol–water partition coefficient (Wildman–Crippen LogP) is 1.75. The van der Waals surface area contributed by atoms with Crippen LogP contribution in [0.5, 0.6) is 5.75 Å². The summed E-state index contributed by atoms with van der Waals surface area (Å²) in [6.07, 6.45) is 8.18. The summed E-state index contributed by atoms with van der Waals surface area (Å²) in [5.74, 6) is -3.22. The number of allylic oxidation sites excluding steroid dienone is 1. The number of aromatic hydroxyl groups is 1. The van der Waals surface area contributed by atoms with E-state index in [1.54, 1.807) is 25.1 Å². The SMILES string of the molecule is B=C1C(C(N)=O)=C(O)[C@@H](N(C)C)[C@@H]2C[C@@H]3Cc4c(c(O)cc(CNCCC5CCCCC5)c4N(C)C)C(=O)C3=C(O)[C@]12O. The van der Waals surface area contributed by atoms with Gasteiger partial charge in [-0.25, -0.2) is 0 Å². The van der Waals surface area contributed by atoms with E-state index in [2.05, 4.69) is 12.8 Å². The van der Waals surface area contributed by atoms with Gasteiger partial charge < -0.3 is 0 Å². The quantitative estimate of drug-likeness (QED) is 0.195. The van der Waals surface area contributed by atoms with Crippen LogP contribution in [0, 0.1) is 17.8 Å². The minimum atomic E-state index is -2.20. The van der Waals surface area contributed by atoms with Gasteiger partial charge in [0.1, 0.15) is 0 Å². The van der Waals surface area contributed by atoms with E-state index in [9.17, 15) is 30.0 Å². The normalized spacial score (nSPS) is 27.7. The van der Waals surface area contributed by atoms with Crippen molar-refractivity contribution in [1.82, 2.24) is 10.2 Å². The van der Waals surface area contributed by atoms with Gasteiger partial charge >= 0.3 is 210 Å². The molecular weight excluding hydrogens is 547 g/mol. The topological polar surface area (TPSA) is 160 Å². The van der Waals surface area contributed by atoms with Crippen molar-refractivity contribution >= 4 is 30.3 Å². The number of likely N-dealkylation sites (N-methyl/N-ethyl adjacent to an activating group) is 1. The van der Waals surface area contributed by atoms with Crippen molar-refractivity contribution in [2.75, 3.05) is 39.6 Å². The van der Waals surface area contributed by atoms with Crippen molar-refractivity contribution in [3.8, 4) is 5.75 Å². The number of phenolic OH excluding ortho intramolecular Hbond substituents is 1. The molecule has 43 heavy (non-hydrogen) atoms. The van der Waals surface area contributed by atoms with Crippen LogP contribution >= 0.6 is 0 Å². The third kappa shape index (κ3) is 5.09. The van der Waals surface area contributed by atoms with Crippen molar-refractivity contribution < 1.29 is 30.0 Å². The van der Waals surface area contributed by atoms with Crippen LogP contribution in [0.15, 0.2) is 28.7 Å². The molecule has 0 radical (unpaired) electrons. The Labute approximate surface area is 254 Å². The molecule has 0 aliphatic heterocycles. The number of nitrogens with one attached hydrogen (secondary N) is 1. The summed E-state index contributed by atoms with van der Waals surface area (Å²) in [6.45, 7) is 1.41. The average molecular weight is 593 g/mol.